The first-order chi connectivity index (χ1) is 8.95. The van der Waals surface area contributed by atoms with Crippen LogP contribution in [0, 0.1) is 5.92 Å². The lowest BCUT2D eigenvalue weighted by Crippen LogP contribution is -2.47. The summed E-state index contributed by atoms with van der Waals surface area (Å²) >= 11 is 1.55. The number of carbonyl (C=O) groups excluding carboxylic acids is 1. The van der Waals surface area contributed by atoms with Crippen LogP contribution in [0.1, 0.15) is 19.8 Å². The van der Waals surface area contributed by atoms with Gasteiger partial charge in [-0.25, -0.2) is 9.59 Å². The minimum Gasteiger partial charge on any atom is -0.480 e. The number of amides is 2. The van der Waals surface area contributed by atoms with Crippen LogP contribution in [0.3, 0.4) is 0 Å². The Morgan fingerprint density at radius 2 is 2.21 bits per heavy atom. The lowest BCUT2D eigenvalue weighted by Gasteiger charge is -2.21. The highest BCUT2D eigenvalue weighted by molar-refractivity contribution is 7.98. The standard InChI is InChI=1S/C12H22N2O4S/c1-8(15)9-3-5-14(7-9)12(18)13-10(11(16)17)4-6-19-2/h8-10,15H,3-7H2,1-2H3,(H,13,18)(H,16,17)/t8?,9?,10-/m1/s1. The van der Waals surface area contributed by atoms with Crippen LogP contribution in [0.5, 0.6) is 0 Å². The van der Waals surface area contributed by atoms with Gasteiger partial charge >= 0.3 is 12.0 Å². The van der Waals surface area contributed by atoms with E-state index in [0.29, 0.717) is 25.3 Å². The molecule has 6 nitrogen and oxygen atoms in total. The molecule has 0 aliphatic carbocycles. The third kappa shape index (κ3) is 4.91. The Kier molecular flexibility index (Phi) is 6.44. The molecule has 7 heteroatoms. The molecule has 2 unspecified atom stereocenters. The Morgan fingerprint density at radius 1 is 1.53 bits per heavy atom. The zero-order valence-electron chi connectivity index (χ0n) is 11.3. The summed E-state index contributed by atoms with van der Waals surface area (Å²) in [7, 11) is 0. The van der Waals surface area contributed by atoms with Gasteiger partial charge in [-0.3, -0.25) is 0 Å². The summed E-state index contributed by atoms with van der Waals surface area (Å²) in [5, 5.41) is 21.1. The number of carbonyl (C=O) groups is 2. The fraction of sp³-hybridized carbons (Fsp3) is 0.833. The highest BCUT2D eigenvalue weighted by Gasteiger charge is 2.30. The summed E-state index contributed by atoms with van der Waals surface area (Å²) in [6.45, 7) is 2.76. The molecule has 0 bridgehead atoms. The Balaban J connectivity index is 2.46. The fourth-order valence-electron chi connectivity index (χ4n) is 2.10. The van der Waals surface area contributed by atoms with E-state index >= 15 is 0 Å². The summed E-state index contributed by atoms with van der Waals surface area (Å²) in [5.41, 5.74) is 0. The summed E-state index contributed by atoms with van der Waals surface area (Å²) in [6, 6.07) is -1.19. The molecule has 19 heavy (non-hydrogen) atoms. The maximum absolute atomic E-state index is 12.0. The van der Waals surface area contributed by atoms with Crippen molar-refractivity contribution in [1.29, 1.82) is 0 Å². The monoisotopic (exact) mass is 290 g/mol. The normalized spacial score (nSPS) is 22.1. The maximum Gasteiger partial charge on any atom is 0.326 e. The minimum absolute atomic E-state index is 0.0835. The van der Waals surface area contributed by atoms with Crippen LogP contribution >= 0.6 is 11.8 Å². The Hall–Kier alpha value is -0.950. The molecule has 1 aliphatic rings. The molecule has 0 aromatic rings. The zero-order valence-corrected chi connectivity index (χ0v) is 12.2. The van der Waals surface area contributed by atoms with E-state index in [1.54, 1.807) is 23.6 Å². The number of nitrogens with one attached hydrogen (secondary N) is 1. The predicted octanol–water partition coefficient (Wildman–Crippen LogP) is 0.605. The number of hydrogen-bond acceptors (Lipinski definition) is 4. The molecule has 0 aromatic heterocycles. The summed E-state index contributed by atoms with van der Waals surface area (Å²) < 4.78 is 0. The lowest BCUT2D eigenvalue weighted by atomic mass is 10.0. The van der Waals surface area contributed by atoms with Gasteiger partial charge in [-0.05, 0) is 31.8 Å². The number of aliphatic hydroxyl groups excluding tert-OH is 1. The summed E-state index contributed by atoms with van der Waals surface area (Å²) in [4.78, 5) is 24.6. The van der Waals surface area contributed by atoms with Gasteiger partial charge in [-0.15, -0.1) is 0 Å². The van der Waals surface area contributed by atoms with E-state index in [9.17, 15) is 14.7 Å². The van der Waals surface area contributed by atoms with Gasteiger partial charge in [0.2, 0.25) is 0 Å². The van der Waals surface area contributed by atoms with Crippen LogP contribution in [0.15, 0.2) is 0 Å². The molecule has 1 fully saturated rings. The van der Waals surface area contributed by atoms with Crippen LogP contribution in [0.2, 0.25) is 0 Å². The second-order valence-corrected chi connectivity index (χ2v) is 5.84. The van der Waals surface area contributed by atoms with Crippen LogP contribution in [0.4, 0.5) is 4.79 Å². The number of rotatable bonds is 6. The number of nitrogens with zero attached hydrogens (tertiary/aromatic N) is 1. The highest BCUT2D eigenvalue weighted by atomic mass is 32.2. The van der Waals surface area contributed by atoms with Gasteiger partial charge in [-0.2, -0.15) is 11.8 Å². The van der Waals surface area contributed by atoms with Gasteiger partial charge in [0.1, 0.15) is 6.04 Å². The van der Waals surface area contributed by atoms with Gasteiger partial charge in [0, 0.05) is 19.0 Å². The summed E-state index contributed by atoms with van der Waals surface area (Å²) in [6.07, 6.45) is 2.63. The third-order valence-corrected chi connectivity index (χ3v) is 4.04. The maximum atomic E-state index is 12.0. The molecule has 1 heterocycles. The van der Waals surface area contributed by atoms with Crippen molar-refractivity contribution in [3.63, 3.8) is 0 Å². The molecule has 0 spiro atoms. The summed E-state index contributed by atoms with van der Waals surface area (Å²) in [5.74, 6) is -0.234. The van der Waals surface area contributed by atoms with E-state index in [-0.39, 0.29) is 11.9 Å². The van der Waals surface area contributed by atoms with Crippen molar-refractivity contribution in [2.45, 2.75) is 31.9 Å². The van der Waals surface area contributed by atoms with Crippen molar-refractivity contribution in [2.24, 2.45) is 5.92 Å². The van der Waals surface area contributed by atoms with Crippen LogP contribution < -0.4 is 5.32 Å². The number of thioether (sulfide) groups is 1. The Morgan fingerprint density at radius 3 is 2.68 bits per heavy atom. The van der Waals surface area contributed by atoms with E-state index in [1.807, 2.05) is 6.26 Å². The zero-order chi connectivity index (χ0) is 14.4. The molecule has 2 amide bonds. The molecule has 1 saturated heterocycles. The molecular weight excluding hydrogens is 268 g/mol. The number of urea groups is 1. The largest absolute Gasteiger partial charge is 0.480 e. The SMILES string of the molecule is CSCC[C@@H](NC(=O)N1CCC(C(C)O)C1)C(=O)O. The minimum atomic E-state index is -1.01. The van der Waals surface area contributed by atoms with Crippen LogP contribution in [-0.2, 0) is 4.79 Å². The second kappa shape index (κ2) is 7.59. The van der Waals surface area contributed by atoms with E-state index in [4.69, 9.17) is 5.11 Å². The van der Waals surface area contributed by atoms with Gasteiger partial charge < -0.3 is 20.4 Å². The molecule has 0 aromatic carbocycles. The Bertz CT molecular complexity index is 325. The van der Waals surface area contributed by atoms with E-state index in [1.165, 1.54) is 0 Å². The van der Waals surface area contributed by atoms with Crippen molar-refractivity contribution in [2.75, 3.05) is 25.1 Å². The van der Waals surface area contributed by atoms with Crippen LogP contribution in [0.25, 0.3) is 0 Å². The molecule has 1 rings (SSSR count). The van der Waals surface area contributed by atoms with Gasteiger partial charge in [0.25, 0.3) is 0 Å². The van der Waals surface area contributed by atoms with E-state index < -0.39 is 18.1 Å². The van der Waals surface area contributed by atoms with Crippen molar-refractivity contribution < 1.29 is 19.8 Å². The van der Waals surface area contributed by atoms with Gasteiger partial charge in [0.05, 0.1) is 6.10 Å². The van der Waals surface area contributed by atoms with Crippen molar-refractivity contribution in [3.8, 4) is 0 Å². The molecular formula is C12H22N2O4S. The molecule has 3 atom stereocenters. The third-order valence-electron chi connectivity index (χ3n) is 3.40. The highest BCUT2D eigenvalue weighted by Crippen LogP contribution is 2.19. The van der Waals surface area contributed by atoms with E-state index in [2.05, 4.69) is 5.32 Å². The van der Waals surface area contributed by atoms with Gasteiger partial charge in [0.15, 0.2) is 0 Å². The number of carboxylic acid groups (broad SMARTS) is 1. The molecule has 110 valence electrons. The number of hydrogen-bond donors (Lipinski definition) is 3. The fourth-order valence-corrected chi connectivity index (χ4v) is 2.57. The number of aliphatic carboxylic acids is 1. The van der Waals surface area contributed by atoms with Crippen molar-refractivity contribution in [1.82, 2.24) is 10.2 Å². The lowest BCUT2D eigenvalue weighted by molar-refractivity contribution is -0.139. The smallest absolute Gasteiger partial charge is 0.326 e. The first-order valence-corrected chi connectivity index (χ1v) is 7.80. The molecule has 0 radical (unpaired) electrons. The first kappa shape index (κ1) is 16.1. The number of likely N-dealkylation sites (tertiary alicyclic amines) is 1. The van der Waals surface area contributed by atoms with E-state index in [0.717, 1.165) is 6.42 Å². The average molecular weight is 290 g/mol. The first-order valence-electron chi connectivity index (χ1n) is 6.41. The number of carboxylic acids is 1. The quantitative estimate of drug-likeness (QED) is 0.666. The predicted molar refractivity (Wildman–Crippen MR) is 74.3 cm³/mol. The van der Waals surface area contributed by atoms with Crippen molar-refractivity contribution in [3.05, 3.63) is 0 Å². The van der Waals surface area contributed by atoms with Crippen LogP contribution in [-0.4, -0.2) is 64.4 Å². The molecule has 0 saturated carbocycles. The second-order valence-electron chi connectivity index (χ2n) is 4.86. The molecule has 1 aliphatic heterocycles. The van der Waals surface area contributed by atoms with Crippen molar-refractivity contribution >= 4 is 23.8 Å². The molecule has 3 N–H and O–H groups in total. The number of aliphatic hydroxyl groups is 1. The average Bonchev–Trinajstić information content (AvgIpc) is 2.83. The van der Waals surface area contributed by atoms with Gasteiger partial charge in [-0.1, -0.05) is 0 Å². The topological polar surface area (TPSA) is 89.9 Å². The Labute approximate surface area is 117 Å².